The Morgan fingerprint density at radius 1 is 1.25 bits per heavy atom. The molecule has 0 spiro atoms. The van der Waals surface area contributed by atoms with Crippen LogP contribution in [0, 0.1) is 6.92 Å². The molecule has 2 rings (SSSR count). The summed E-state index contributed by atoms with van der Waals surface area (Å²) in [6.07, 6.45) is 0.474. The van der Waals surface area contributed by atoms with E-state index in [4.69, 9.17) is 4.74 Å². The highest BCUT2D eigenvalue weighted by molar-refractivity contribution is 6.04. The predicted molar refractivity (Wildman–Crippen MR) is 88.2 cm³/mol. The van der Waals surface area contributed by atoms with Crippen LogP contribution in [0.25, 0.3) is 0 Å². The van der Waals surface area contributed by atoms with E-state index in [1.54, 1.807) is 12.0 Å². The Hall–Kier alpha value is -2.41. The molecule has 1 atom stereocenters. The number of carbonyl (C=O) groups excluding carboxylic acids is 3. The maximum absolute atomic E-state index is 12.5. The minimum absolute atomic E-state index is 0.0680. The van der Waals surface area contributed by atoms with Crippen molar-refractivity contribution in [1.82, 2.24) is 15.5 Å². The molecule has 7 nitrogen and oxygen atoms in total. The van der Waals surface area contributed by atoms with E-state index in [1.165, 1.54) is 0 Å². The number of aryl methyl sites for hydroxylation is 1. The maximum Gasteiger partial charge on any atom is 0.322 e. The van der Waals surface area contributed by atoms with Crippen molar-refractivity contribution in [3.63, 3.8) is 0 Å². The molecule has 1 aromatic carbocycles. The van der Waals surface area contributed by atoms with Gasteiger partial charge in [0, 0.05) is 26.6 Å². The fraction of sp³-hybridized carbons (Fsp3) is 0.471. The third-order valence-electron chi connectivity index (χ3n) is 3.92. The normalized spacial score (nSPS) is 16.7. The largest absolute Gasteiger partial charge is 0.383 e. The van der Waals surface area contributed by atoms with Gasteiger partial charge in [-0.25, -0.2) is 4.79 Å². The summed E-state index contributed by atoms with van der Waals surface area (Å²) in [6.45, 7) is 3.43. The van der Waals surface area contributed by atoms with Crippen LogP contribution in [0.15, 0.2) is 24.3 Å². The number of hydrogen-bond acceptors (Lipinski definition) is 4. The third kappa shape index (κ3) is 5.06. The van der Waals surface area contributed by atoms with Gasteiger partial charge in [0.2, 0.25) is 5.91 Å². The van der Waals surface area contributed by atoms with E-state index < -0.39 is 12.1 Å². The number of ether oxygens (including phenoxy) is 1. The molecule has 1 aliphatic rings. The second-order valence-electron chi connectivity index (χ2n) is 5.85. The predicted octanol–water partition coefficient (Wildman–Crippen LogP) is 0.958. The highest BCUT2D eigenvalue weighted by Crippen LogP contribution is 2.11. The van der Waals surface area contributed by atoms with E-state index in [2.05, 4.69) is 10.6 Å². The van der Waals surface area contributed by atoms with Crippen molar-refractivity contribution in [2.24, 2.45) is 0 Å². The number of nitrogens with one attached hydrogen (secondary N) is 2. The van der Waals surface area contributed by atoms with Crippen LogP contribution in [0.5, 0.6) is 0 Å². The average molecular weight is 333 g/mol. The third-order valence-corrected chi connectivity index (χ3v) is 3.92. The Morgan fingerprint density at radius 2 is 1.96 bits per heavy atom. The van der Waals surface area contributed by atoms with Crippen molar-refractivity contribution in [3.05, 3.63) is 35.4 Å². The maximum atomic E-state index is 12.5. The number of urea groups is 1. The summed E-state index contributed by atoms with van der Waals surface area (Å²) < 4.78 is 5.07. The molecule has 1 fully saturated rings. The van der Waals surface area contributed by atoms with E-state index in [1.807, 2.05) is 31.2 Å². The van der Waals surface area contributed by atoms with Gasteiger partial charge in [0.25, 0.3) is 5.91 Å². The van der Waals surface area contributed by atoms with Crippen LogP contribution in [0.3, 0.4) is 0 Å². The Bertz CT molecular complexity index is 600. The quantitative estimate of drug-likeness (QED) is 0.694. The van der Waals surface area contributed by atoms with E-state index >= 15 is 0 Å². The van der Waals surface area contributed by atoms with E-state index in [-0.39, 0.29) is 24.7 Å². The van der Waals surface area contributed by atoms with Crippen LogP contribution in [0.2, 0.25) is 0 Å². The number of rotatable bonds is 8. The van der Waals surface area contributed by atoms with Crippen molar-refractivity contribution >= 4 is 17.8 Å². The number of hydrogen-bond donors (Lipinski definition) is 2. The Labute approximate surface area is 141 Å². The lowest BCUT2D eigenvalue weighted by Crippen LogP contribution is -2.36. The van der Waals surface area contributed by atoms with Crippen LogP contribution >= 0.6 is 0 Å². The second kappa shape index (κ2) is 8.44. The van der Waals surface area contributed by atoms with Gasteiger partial charge < -0.3 is 15.0 Å². The van der Waals surface area contributed by atoms with Gasteiger partial charge >= 0.3 is 6.03 Å². The summed E-state index contributed by atoms with van der Waals surface area (Å²) in [6, 6.07) is 6.86. The summed E-state index contributed by atoms with van der Waals surface area (Å²) >= 11 is 0. The summed E-state index contributed by atoms with van der Waals surface area (Å²) in [5.41, 5.74) is 2.20. The Morgan fingerprint density at radius 3 is 2.54 bits per heavy atom. The second-order valence-corrected chi connectivity index (χ2v) is 5.85. The van der Waals surface area contributed by atoms with Gasteiger partial charge in [0.05, 0.1) is 6.61 Å². The molecule has 1 aliphatic heterocycles. The molecule has 1 saturated heterocycles. The lowest BCUT2D eigenvalue weighted by Gasteiger charge is -2.23. The van der Waals surface area contributed by atoms with E-state index in [0.29, 0.717) is 19.7 Å². The Balaban J connectivity index is 1.93. The number of imide groups is 1. The number of nitrogens with zero attached hydrogens (tertiary/aromatic N) is 1. The molecular weight excluding hydrogens is 310 g/mol. The highest BCUT2D eigenvalue weighted by atomic mass is 16.5. The van der Waals surface area contributed by atoms with Crippen LogP contribution in [0.4, 0.5) is 4.79 Å². The molecule has 0 unspecified atom stereocenters. The molecule has 4 amide bonds. The number of methoxy groups -OCH3 is 1. The topological polar surface area (TPSA) is 87.7 Å². The molecule has 2 N–H and O–H groups in total. The summed E-state index contributed by atoms with van der Waals surface area (Å²) in [7, 11) is 1.59. The molecule has 0 bridgehead atoms. The van der Waals surface area contributed by atoms with Crippen molar-refractivity contribution < 1.29 is 19.1 Å². The number of carbonyl (C=O) groups is 3. The number of benzene rings is 1. The zero-order valence-corrected chi connectivity index (χ0v) is 14.0. The number of amides is 4. The van der Waals surface area contributed by atoms with Crippen molar-refractivity contribution in [3.8, 4) is 0 Å². The van der Waals surface area contributed by atoms with Crippen molar-refractivity contribution in [1.29, 1.82) is 0 Å². The minimum Gasteiger partial charge on any atom is -0.383 e. The van der Waals surface area contributed by atoms with E-state index in [9.17, 15) is 14.4 Å². The monoisotopic (exact) mass is 333 g/mol. The molecule has 24 heavy (non-hydrogen) atoms. The highest BCUT2D eigenvalue weighted by Gasteiger charge is 2.30. The summed E-state index contributed by atoms with van der Waals surface area (Å²) in [5, 5.41) is 4.67. The molecule has 1 aromatic rings. The van der Waals surface area contributed by atoms with Gasteiger partial charge in [-0.15, -0.1) is 0 Å². The van der Waals surface area contributed by atoms with Gasteiger partial charge in [-0.2, -0.15) is 0 Å². The Kier molecular flexibility index (Phi) is 6.31. The first-order chi connectivity index (χ1) is 11.5. The van der Waals surface area contributed by atoms with Crippen LogP contribution in [-0.4, -0.2) is 49.0 Å². The molecule has 0 aromatic heterocycles. The lowest BCUT2D eigenvalue weighted by atomic mass is 10.1. The van der Waals surface area contributed by atoms with E-state index in [0.717, 1.165) is 11.1 Å². The fourth-order valence-electron chi connectivity index (χ4n) is 2.50. The molecule has 7 heteroatoms. The van der Waals surface area contributed by atoms with Crippen molar-refractivity contribution in [2.45, 2.75) is 32.4 Å². The first kappa shape index (κ1) is 17.9. The lowest BCUT2D eigenvalue weighted by molar-refractivity contribution is -0.132. The first-order valence-electron chi connectivity index (χ1n) is 7.93. The van der Waals surface area contributed by atoms with Crippen LogP contribution in [-0.2, 0) is 20.9 Å². The smallest absolute Gasteiger partial charge is 0.322 e. The molecule has 0 radical (unpaired) electrons. The molecule has 0 aliphatic carbocycles. The zero-order chi connectivity index (χ0) is 17.5. The summed E-state index contributed by atoms with van der Waals surface area (Å²) in [4.78, 5) is 36.8. The van der Waals surface area contributed by atoms with Crippen LogP contribution in [0.1, 0.15) is 24.0 Å². The summed E-state index contributed by atoms with van der Waals surface area (Å²) in [5.74, 6) is -0.448. The fourth-order valence-corrected chi connectivity index (χ4v) is 2.50. The average Bonchev–Trinajstić information content (AvgIpc) is 2.88. The zero-order valence-electron chi connectivity index (χ0n) is 14.0. The first-order valence-corrected chi connectivity index (χ1v) is 7.93. The van der Waals surface area contributed by atoms with Gasteiger partial charge in [0.1, 0.15) is 6.04 Å². The van der Waals surface area contributed by atoms with Crippen LogP contribution < -0.4 is 10.6 Å². The standard InChI is InChI=1S/C17H23N3O4/c1-12-3-5-13(6-4-12)11-20(9-10-24-2)15(21)8-7-14-16(22)19-17(23)18-14/h3-6,14H,7-11H2,1-2H3,(H2,18,19,22,23)/t14-/m0/s1. The SMILES string of the molecule is COCCN(Cc1ccc(C)cc1)C(=O)CC[C@@H]1NC(=O)NC1=O. The van der Waals surface area contributed by atoms with Gasteiger partial charge in [-0.05, 0) is 18.9 Å². The minimum atomic E-state index is -0.634. The van der Waals surface area contributed by atoms with Gasteiger partial charge in [-0.1, -0.05) is 29.8 Å². The molecule has 1 heterocycles. The van der Waals surface area contributed by atoms with Gasteiger partial charge in [-0.3, -0.25) is 14.9 Å². The molecular formula is C17H23N3O4. The molecule has 0 saturated carbocycles. The van der Waals surface area contributed by atoms with Gasteiger partial charge in [0.15, 0.2) is 0 Å². The molecule has 130 valence electrons. The van der Waals surface area contributed by atoms with Crippen molar-refractivity contribution in [2.75, 3.05) is 20.3 Å².